The number of nitrogens with one attached hydrogen (secondary N) is 1. The summed E-state index contributed by atoms with van der Waals surface area (Å²) in [5.74, 6) is 0.826. The number of hydrogen-bond acceptors (Lipinski definition) is 3. The Hall–Kier alpha value is -0.120. The molecule has 0 aromatic heterocycles. The highest BCUT2D eigenvalue weighted by atomic mass is 15.2. The minimum absolute atomic E-state index is 0.386. The van der Waals surface area contributed by atoms with Gasteiger partial charge < -0.3 is 10.2 Å². The number of rotatable bonds is 5. The summed E-state index contributed by atoms with van der Waals surface area (Å²) in [6.07, 6.45) is 1.32. The van der Waals surface area contributed by atoms with E-state index in [0.29, 0.717) is 5.54 Å². The lowest BCUT2D eigenvalue weighted by Crippen LogP contribution is -2.41. The van der Waals surface area contributed by atoms with Crippen molar-refractivity contribution in [2.24, 2.45) is 5.92 Å². The molecule has 0 saturated carbocycles. The van der Waals surface area contributed by atoms with Crippen LogP contribution in [0.25, 0.3) is 0 Å². The van der Waals surface area contributed by atoms with Crippen LogP contribution in [0, 0.1) is 5.92 Å². The van der Waals surface area contributed by atoms with Crippen molar-refractivity contribution in [3.05, 3.63) is 0 Å². The molecular formula is C12H27N3. The Morgan fingerprint density at radius 1 is 1.40 bits per heavy atom. The van der Waals surface area contributed by atoms with Gasteiger partial charge >= 0.3 is 0 Å². The molecule has 1 aliphatic rings. The Morgan fingerprint density at radius 2 is 2.07 bits per heavy atom. The zero-order valence-electron chi connectivity index (χ0n) is 11.0. The first kappa shape index (κ1) is 12.9. The fraction of sp³-hybridized carbons (Fsp3) is 1.00. The van der Waals surface area contributed by atoms with Gasteiger partial charge in [-0.25, -0.2) is 0 Å². The first-order valence-electron chi connectivity index (χ1n) is 6.00. The smallest absolute Gasteiger partial charge is 0.0157 e. The van der Waals surface area contributed by atoms with Crippen LogP contribution in [-0.4, -0.2) is 62.7 Å². The largest absolute Gasteiger partial charge is 0.319 e. The monoisotopic (exact) mass is 213 g/mol. The van der Waals surface area contributed by atoms with Crippen molar-refractivity contribution >= 4 is 0 Å². The molecular weight excluding hydrogens is 186 g/mol. The zero-order valence-corrected chi connectivity index (χ0v) is 11.0. The van der Waals surface area contributed by atoms with E-state index < -0.39 is 0 Å². The van der Waals surface area contributed by atoms with Crippen molar-refractivity contribution in [1.29, 1.82) is 0 Å². The Morgan fingerprint density at radius 3 is 2.60 bits per heavy atom. The quantitative estimate of drug-likeness (QED) is 0.731. The summed E-state index contributed by atoms with van der Waals surface area (Å²) in [6, 6.07) is 0. The number of likely N-dealkylation sites (N-methyl/N-ethyl adjacent to an activating group) is 1. The molecule has 1 saturated heterocycles. The van der Waals surface area contributed by atoms with Gasteiger partial charge in [-0.15, -0.1) is 0 Å². The molecule has 15 heavy (non-hydrogen) atoms. The summed E-state index contributed by atoms with van der Waals surface area (Å²) in [5, 5.41) is 3.30. The molecule has 0 spiro atoms. The molecule has 3 heteroatoms. The highest BCUT2D eigenvalue weighted by Gasteiger charge is 2.37. The molecule has 1 aliphatic heterocycles. The average Bonchev–Trinajstić information content (AvgIpc) is 2.37. The second-order valence-corrected chi connectivity index (χ2v) is 5.69. The van der Waals surface area contributed by atoms with E-state index in [-0.39, 0.29) is 0 Å². The highest BCUT2D eigenvalue weighted by molar-refractivity contribution is 4.93. The van der Waals surface area contributed by atoms with Crippen LogP contribution in [0.4, 0.5) is 0 Å². The third kappa shape index (κ3) is 3.74. The third-order valence-electron chi connectivity index (χ3n) is 3.43. The average molecular weight is 213 g/mol. The second-order valence-electron chi connectivity index (χ2n) is 5.69. The molecule has 1 fully saturated rings. The highest BCUT2D eigenvalue weighted by Crippen LogP contribution is 2.31. The normalized spacial score (nSPS) is 26.4. The lowest BCUT2D eigenvalue weighted by molar-refractivity contribution is 0.159. The van der Waals surface area contributed by atoms with Crippen LogP contribution in [0.2, 0.25) is 0 Å². The summed E-state index contributed by atoms with van der Waals surface area (Å²) in [7, 11) is 6.35. The molecule has 0 radical (unpaired) electrons. The van der Waals surface area contributed by atoms with E-state index in [4.69, 9.17) is 0 Å². The van der Waals surface area contributed by atoms with E-state index >= 15 is 0 Å². The van der Waals surface area contributed by atoms with Gasteiger partial charge in [-0.05, 0) is 53.9 Å². The van der Waals surface area contributed by atoms with E-state index in [1.807, 2.05) is 0 Å². The zero-order chi connectivity index (χ0) is 11.5. The first-order chi connectivity index (χ1) is 6.95. The minimum atomic E-state index is 0.386. The Balaban J connectivity index is 2.42. The van der Waals surface area contributed by atoms with Crippen molar-refractivity contribution in [2.45, 2.75) is 25.8 Å². The molecule has 1 N–H and O–H groups in total. The summed E-state index contributed by atoms with van der Waals surface area (Å²) in [5.41, 5.74) is 0.386. The van der Waals surface area contributed by atoms with Crippen LogP contribution >= 0.6 is 0 Å². The SMILES string of the molecule is CNCC1CN(CCN(C)C)C(C)(C)C1. The minimum Gasteiger partial charge on any atom is -0.319 e. The maximum absolute atomic E-state index is 3.30. The van der Waals surface area contributed by atoms with Gasteiger partial charge in [-0.3, -0.25) is 4.90 Å². The Labute approximate surface area is 94.8 Å². The number of hydrogen-bond donors (Lipinski definition) is 1. The van der Waals surface area contributed by atoms with Crippen molar-refractivity contribution in [3.63, 3.8) is 0 Å². The fourth-order valence-corrected chi connectivity index (χ4v) is 2.60. The molecule has 1 atom stereocenters. The van der Waals surface area contributed by atoms with Gasteiger partial charge in [0.2, 0.25) is 0 Å². The lowest BCUT2D eigenvalue weighted by atomic mass is 9.96. The van der Waals surface area contributed by atoms with Crippen LogP contribution in [-0.2, 0) is 0 Å². The summed E-state index contributed by atoms with van der Waals surface area (Å²) >= 11 is 0. The molecule has 90 valence electrons. The van der Waals surface area contributed by atoms with E-state index in [1.165, 1.54) is 19.5 Å². The molecule has 1 unspecified atom stereocenters. The summed E-state index contributed by atoms with van der Waals surface area (Å²) in [4.78, 5) is 4.90. The molecule has 0 aromatic rings. The fourth-order valence-electron chi connectivity index (χ4n) is 2.60. The van der Waals surface area contributed by atoms with Gasteiger partial charge in [-0.2, -0.15) is 0 Å². The maximum atomic E-state index is 3.30. The number of likely N-dealkylation sites (tertiary alicyclic amines) is 1. The third-order valence-corrected chi connectivity index (χ3v) is 3.43. The van der Waals surface area contributed by atoms with E-state index in [2.05, 4.69) is 50.1 Å². The van der Waals surface area contributed by atoms with Crippen molar-refractivity contribution in [1.82, 2.24) is 15.1 Å². The Kier molecular flexibility index (Phi) is 4.56. The second kappa shape index (κ2) is 5.28. The maximum Gasteiger partial charge on any atom is 0.0157 e. The molecule has 0 aromatic carbocycles. The predicted octanol–water partition coefficient (Wildman–Crippen LogP) is 0.868. The van der Waals surface area contributed by atoms with Crippen LogP contribution in [0.3, 0.4) is 0 Å². The van der Waals surface area contributed by atoms with Crippen molar-refractivity contribution < 1.29 is 0 Å². The standard InChI is InChI=1S/C12H27N3/c1-12(2)8-11(9-13-3)10-15(12)7-6-14(4)5/h11,13H,6-10H2,1-5H3. The van der Waals surface area contributed by atoms with E-state index in [9.17, 15) is 0 Å². The van der Waals surface area contributed by atoms with Crippen molar-refractivity contribution in [2.75, 3.05) is 47.3 Å². The molecule has 3 nitrogen and oxygen atoms in total. The predicted molar refractivity (Wildman–Crippen MR) is 66.2 cm³/mol. The van der Waals surface area contributed by atoms with E-state index in [1.54, 1.807) is 0 Å². The topological polar surface area (TPSA) is 18.5 Å². The van der Waals surface area contributed by atoms with E-state index in [0.717, 1.165) is 19.0 Å². The van der Waals surface area contributed by atoms with Gasteiger partial charge in [0, 0.05) is 25.2 Å². The van der Waals surface area contributed by atoms with Crippen LogP contribution in [0.15, 0.2) is 0 Å². The van der Waals surface area contributed by atoms with Crippen LogP contribution in [0.5, 0.6) is 0 Å². The lowest BCUT2D eigenvalue weighted by Gasteiger charge is -2.32. The Bertz CT molecular complexity index is 189. The molecule has 0 amide bonds. The van der Waals surface area contributed by atoms with Crippen LogP contribution < -0.4 is 5.32 Å². The first-order valence-corrected chi connectivity index (χ1v) is 6.00. The van der Waals surface area contributed by atoms with Crippen LogP contribution in [0.1, 0.15) is 20.3 Å². The molecule has 0 aliphatic carbocycles. The molecule has 1 heterocycles. The van der Waals surface area contributed by atoms with Gasteiger partial charge in [0.1, 0.15) is 0 Å². The van der Waals surface area contributed by atoms with Gasteiger partial charge in [0.15, 0.2) is 0 Å². The molecule has 1 rings (SSSR count). The van der Waals surface area contributed by atoms with Gasteiger partial charge in [0.05, 0.1) is 0 Å². The summed E-state index contributed by atoms with van der Waals surface area (Å²) in [6.45, 7) is 9.51. The van der Waals surface area contributed by atoms with Gasteiger partial charge in [0.25, 0.3) is 0 Å². The molecule has 0 bridgehead atoms. The van der Waals surface area contributed by atoms with Crippen molar-refractivity contribution in [3.8, 4) is 0 Å². The summed E-state index contributed by atoms with van der Waals surface area (Å²) < 4.78 is 0. The van der Waals surface area contributed by atoms with Gasteiger partial charge in [-0.1, -0.05) is 0 Å². The number of nitrogens with zero attached hydrogens (tertiary/aromatic N) is 2.